The van der Waals surface area contributed by atoms with Crippen molar-refractivity contribution in [3.8, 4) is 17.0 Å². The lowest BCUT2D eigenvalue weighted by atomic mass is 10.2. The standard InChI is InChI=1S/C18H18N4O3S/c19-17(24)14-9-12(10-20-14)15-11-26-18(21-15)22-16(23)7-4-8-25-13-5-2-1-3-6-13/h1-3,5-6,9-11,20H,4,7-8H2,(H2,19,24)(H,21,22,23). The Morgan fingerprint density at radius 1 is 1.27 bits per heavy atom. The molecular formula is C18H18N4O3S. The molecule has 134 valence electrons. The summed E-state index contributed by atoms with van der Waals surface area (Å²) in [5.74, 6) is 0.145. The minimum atomic E-state index is -0.530. The second-order valence-corrected chi connectivity index (χ2v) is 6.38. The fraction of sp³-hybridized carbons (Fsp3) is 0.167. The van der Waals surface area contributed by atoms with Crippen molar-refractivity contribution in [1.29, 1.82) is 0 Å². The van der Waals surface area contributed by atoms with E-state index in [0.29, 0.717) is 36.0 Å². The van der Waals surface area contributed by atoms with Gasteiger partial charge >= 0.3 is 0 Å². The molecular weight excluding hydrogens is 352 g/mol. The summed E-state index contributed by atoms with van der Waals surface area (Å²) in [6.45, 7) is 0.472. The van der Waals surface area contributed by atoms with E-state index in [2.05, 4.69) is 15.3 Å². The second-order valence-electron chi connectivity index (χ2n) is 5.52. The van der Waals surface area contributed by atoms with Crippen LogP contribution in [0.5, 0.6) is 5.75 Å². The Kier molecular flexibility index (Phi) is 5.65. The molecule has 0 aliphatic carbocycles. The van der Waals surface area contributed by atoms with Crippen LogP contribution in [0, 0.1) is 0 Å². The van der Waals surface area contributed by atoms with Gasteiger partial charge in [-0.2, -0.15) is 0 Å². The van der Waals surface area contributed by atoms with E-state index in [9.17, 15) is 9.59 Å². The molecule has 1 aromatic carbocycles. The highest BCUT2D eigenvalue weighted by Crippen LogP contribution is 2.25. The van der Waals surface area contributed by atoms with Crippen molar-refractivity contribution >= 4 is 28.3 Å². The Labute approximate surface area is 154 Å². The molecule has 0 bridgehead atoms. The van der Waals surface area contributed by atoms with Crippen LogP contribution in [0.2, 0.25) is 0 Å². The van der Waals surface area contributed by atoms with Crippen molar-refractivity contribution in [2.75, 3.05) is 11.9 Å². The lowest BCUT2D eigenvalue weighted by Crippen LogP contribution is -2.12. The smallest absolute Gasteiger partial charge is 0.265 e. The van der Waals surface area contributed by atoms with Crippen molar-refractivity contribution in [1.82, 2.24) is 9.97 Å². The van der Waals surface area contributed by atoms with Gasteiger partial charge in [0.2, 0.25) is 5.91 Å². The van der Waals surface area contributed by atoms with E-state index in [-0.39, 0.29) is 5.91 Å². The number of hydrogen-bond donors (Lipinski definition) is 3. The van der Waals surface area contributed by atoms with Crippen LogP contribution in [0.3, 0.4) is 0 Å². The number of thiazole rings is 1. The Hall–Kier alpha value is -3.13. The van der Waals surface area contributed by atoms with Crippen molar-refractivity contribution in [2.45, 2.75) is 12.8 Å². The number of ether oxygens (including phenoxy) is 1. The van der Waals surface area contributed by atoms with Crippen molar-refractivity contribution < 1.29 is 14.3 Å². The molecule has 0 spiro atoms. The zero-order valence-electron chi connectivity index (χ0n) is 13.9. The van der Waals surface area contributed by atoms with Crippen LogP contribution in [-0.4, -0.2) is 28.4 Å². The molecule has 26 heavy (non-hydrogen) atoms. The van der Waals surface area contributed by atoms with E-state index in [1.165, 1.54) is 11.3 Å². The third-order valence-corrected chi connectivity index (χ3v) is 4.31. The maximum absolute atomic E-state index is 12.0. The van der Waals surface area contributed by atoms with Gasteiger partial charge in [0.1, 0.15) is 11.4 Å². The number of carbonyl (C=O) groups excluding carboxylic acids is 2. The summed E-state index contributed by atoms with van der Waals surface area (Å²) in [5, 5.41) is 5.09. The van der Waals surface area contributed by atoms with E-state index < -0.39 is 5.91 Å². The third kappa shape index (κ3) is 4.70. The maximum Gasteiger partial charge on any atom is 0.265 e. The van der Waals surface area contributed by atoms with Crippen LogP contribution in [-0.2, 0) is 4.79 Å². The minimum absolute atomic E-state index is 0.116. The number of amides is 2. The molecule has 0 unspecified atom stereocenters. The van der Waals surface area contributed by atoms with Gasteiger partial charge in [-0.05, 0) is 24.6 Å². The van der Waals surface area contributed by atoms with Crippen LogP contribution in [0.4, 0.5) is 5.13 Å². The number of rotatable bonds is 8. The number of nitrogens with zero attached hydrogens (tertiary/aromatic N) is 1. The van der Waals surface area contributed by atoms with Gasteiger partial charge in [-0.15, -0.1) is 11.3 Å². The molecule has 8 heteroatoms. The zero-order chi connectivity index (χ0) is 18.4. The molecule has 3 rings (SSSR count). The number of anilines is 1. The van der Waals surface area contributed by atoms with Gasteiger partial charge in [-0.1, -0.05) is 18.2 Å². The summed E-state index contributed by atoms with van der Waals surface area (Å²) >= 11 is 1.32. The van der Waals surface area contributed by atoms with Gasteiger partial charge < -0.3 is 20.8 Å². The lowest BCUT2D eigenvalue weighted by molar-refractivity contribution is -0.116. The Balaban J connectivity index is 1.46. The summed E-state index contributed by atoms with van der Waals surface area (Å²) < 4.78 is 5.56. The number of para-hydroxylation sites is 1. The first-order chi connectivity index (χ1) is 12.6. The van der Waals surface area contributed by atoms with E-state index >= 15 is 0 Å². The first-order valence-corrected chi connectivity index (χ1v) is 8.91. The molecule has 0 aliphatic heterocycles. The highest BCUT2D eigenvalue weighted by atomic mass is 32.1. The third-order valence-electron chi connectivity index (χ3n) is 3.55. The summed E-state index contributed by atoms with van der Waals surface area (Å²) in [7, 11) is 0. The van der Waals surface area contributed by atoms with Crippen LogP contribution in [0.15, 0.2) is 48.0 Å². The number of nitrogens with one attached hydrogen (secondary N) is 2. The van der Waals surface area contributed by atoms with Crippen LogP contribution < -0.4 is 15.8 Å². The molecule has 0 saturated carbocycles. The fourth-order valence-corrected chi connectivity index (χ4v) is 3.01. The highest BCUT2D eigenvalue weighted by molar-refractivity contribution is 7.14. The molecule has 0 aliphatic rings. The van der Waals surface area contributed by atoms with Gasteiger partial charge in [0.05, 0.1) is 12.3 Å². The van der Waals surface area contributed by atoms with Gasteiger partial charge in [0.15, 0.2) is 5.13 Å². The number of aromatic amines is 1. The van der Waals surface area contributed by atoms with Crippen LogP contribution in [0.25, 0.3) is 11.3 Å². The predicted octanol–water partition coefficient (Wildman–Crippen LogP) is 3.03. The molecule has 0 fully saturated rings. The number of nitrogens with two attached hydrogens (primary N) is 1. The van der Waals surface area contributed by atoms with Crippen molar-refractivity contribution in [3.05, 3.63) is 53.7 Å². The van der Waals surface area contributed by atoms with E-state index in [4.69, 9.17) is 10.5 Å². The molecule has 3 aromatic rings. The largest absolute Gasteiger partial charge is 0.494 e. The lowest BCUT2D eigenvalue weighted by Gasteiger charge is -2.05. The maximum atomic E-state index is 12.0. The molecule has 4 N–H and O–H groups in total. The Bertz CT molecular complexity index is 889. The fourth-order valence-electron chi connectivity index (χ4n) is 2.27. The highest BCUT2D eigenvalue weighted by Gasteiger charge is 2.11. The Morgan fingerprint density at radius 3 is 2.81 bits per heavy atom. The van der Waals surface area contributed by atoms with Crippen molar-refractivity contribution in [3.63, 3.8) is 0 Å². The number of hydrogen-bond acceptors (Lipinski definition) is 5. The molecule has 0 atom stereocenters. The average molecular weight is 370 g/mol. The van der Waals surface area contributed by atoms with E-state index in [1.807, 2.05) is 35.7 Å². The molecule has 0 saturated heterocycles. The van der Waals surface area contributed by atoms with Gasteiger partial charge in [-0.3, -0.25) is 9.59 Å². The molecule has 2 aromatic heterocycles. The van der Waals surface area contributed by atoms with Gasteiger partial charge in [0.25, 0.3) is 5.91 Å². The van der Waals surface area contributed by atoms with Gasteiger partial charge in [0, 0.05) is 23.6 Å². The quantitative estimate of drug-likeness (QED) is 0.529. The molecule has 2 heterocycles. The molecule has 2 amide bonds. The second kappa shape index (κ2) is 8.30. The topological polar surface area (TPSA) is 110 Å². The summed E-state index contributed by atoms with van der Waals surface area (Å²) in [6.07, 6.45) is 2.61. The van der Waals surface area contributed by atoms with Crippen molar-refractivity contribution in [2.24, 2.45) is 5.73 Å². The van der Waals surface area contributed by atoms with Crippen LogP contribution in [0.1, 0.15) is 23.3 Å². The monoisotopic (exact) mass is 370 g/mol. The first-order valence-electron chi connectivity index (χ1n) is 8.03. The molecule has 0 radical (unpaired) electrons. The van der Waals surface area contributed by atoms with Crippen LogP contribution >= 0.6 is 11.3 Å². The summed E-state index contributed by atoms with van der Waals surface area (Å²) in [4.78, 5) is 30.3. The SMILES string of the molecule is NC(=O)c1cc(-c2csc(NC(=O)CCCOc3ccccc3)n2)c[nH]1. The number of carbonyl (C=O) groups is 2. The van der Waals surface area contributed by atoms with Gasteiger partial charge in [-0.25, -0.2) is 4.98 Å². The summed E-state index contributed by atoms with van der Waals surface area (Å²) in [6, 6.07) is 11.1. The number of benzene rings is 1. The van der Waals surface area contributed by atoms with E-state index in [1.54, 1.807) is 12.3 Å². The summed E-state index contributed by atoms with van der Waals surface area (Å²) in [5.41, 5.74) is 6.94. The normalized spacial score (nSPS) is 10.5. The average Bonchev–Trinajstić information content (AvgIpc) is 3.29. The van der Waals surface area contributed by atoms with E-state index in [0.717, 1.165) is 11.3 Å². The predicted molar refractivity (Wildman–Crippen MR) is 100 cm³/mol. The zero-order valence-corrected chi connectivity index (χ0v) is 14.7. The minimum Gasteiger partial charge on any atom is -0.494 e. The number of H-pyrrole nitrogens is 1. The number of aromatic nitrogens is 2. The Morgan fingerprint density at radius 2 is 2.08 bits per heavy atom. The first kappa shape index (κ1) is 17.7. The molecule has 7 nitrogen and oxygen atoms in total. The number of primary amides is 1.